The summed E-state index contributed by atoms with van der Waals surface area (Å²) in [6.45, 7) is 4.18. The van der Waals surface area contributed by atoms with Gasteiger partial charge in [-0.15, -0.1) is 0 Å². The van der Waals surface area contributed by atoms with Crippen LogP contribution in [0.25, 0.3) is 0 Å². The van der Waals surface area contributed by atoms with Crippen LogP contribution < -0.4 is 10.6 Å². The SMILES string of the molecule is CC(C)N(CCO)c1ccc(C(=N)N)cc1F. The second-order valence-corrected chi connectivity index (χ2v) is 4.09. The minimum atomic E-state index is -0.431. The minimum absolute atomic E-state index is 0.0356. The van der Waals surface area contributed by atoms with E-state index < -0.39 is 5.82 Å². The molecule has 0 aliphatic rings. The molecule has 0 heterocycles. The zero-order valence-electron chi connectivity index (χ0n) is 10.1. The summed E-state index contributed by atoms with van der Waals surface area (Å²) in [6.07, 6.45) is 0. The molecule has 0 spiro atoms. The van der Waals surface area contributed by atoms with Gasteiger partial charge in [0.25, 0.3) is 0 Å². The van der Waals surface area contributed by atoms with Crippen LogP contribution in [0.3, 0.4) is 0 Å². The summed E-state index contributed by atoms with van der Waals surface area (Å²) in [5, 5.41) is 16.2. The van der Waals surface area contributed by atoms with Gasteiger partial charge in [0, 0.05) is 18.2 Å². The van der Waals surface area contributed by atoms with Crippen molar-refractivity contribution < 1.29 is 9.50 Å². The first-order valence-electron chi connectivity index (χ1n) is 5.48. The molecule has 0 radical (unpaired) electrons. The van der Waals surface area contributed by atoms with Gasteiger partial charge in [-0.25, -0.2) is 4.39 Å². The maximum atomic E-state index is 13.9. The summed E-state index contributed by atoms with van der Waals surface area (Å²) >= 11 is 0. The van der Waals surface area contributed by atoms with Crippen LogP contribution in [-0.2, 0) is 0 Å². The Bertz CT molecular complexity index is 407. The summed E-state index contributed by atoms with van der Waals surface area (Å²) < 4.78 is 13.9. The van der Waals surface area contributed by atoms with Crippen molar-refractivity contribution in [3.63, 3.8) is 0 Å². The van der Waals surface area contributed by atoms with Gasteiger partial charge < -0.3 is 15.7 Å². The highest BCUT2D eigenvalue weighted by Crippen LogP contribution is 2.22. The molecule has 0 saturated carbocycles. The summed E-state index contributed by atoms with van der Waals surface area (Å²) in [4.78, 5) is 1.76. The molecular weight excluding hydrogens is 221 g/mol. The van der Waals surface area contributed by atoms with E-state index in [9.17, 15) is 4.39 Å². The number of hydrogen-bond acceptors (Lipinski definition) is 3. The third-order valence-corrected chi connectivity index (χ3v) is 2.53. The number of amidine groups is 1. The first kappa shape index (κ1) is 13.4. The van der Waals surface area contributed by atoms with E-state index in [1.165, 1.54) is 6.07 Å². The topological polar surface area (TPSA) is 73.3 Å². The van der Waals surface area contributed by atoms with Crippen LogP contribution in [0, 0.1) is 11.2 Å². The lowest BCUT2D eigenvalue weighted by molar-refractivity contribution is 0.298. The first-order chi connectivity index (χ1) is 7.97. The summed E-state index contributed by atoms with van der Waals surface area (Å²) in [5.41, 5.74) is 6.07. The number of aliphatic hydroxyl groups excluding tert-OH is 1. The molecule has 0 aliphatic heterocycles. The Hall–Kier alpha value is -1.62. The predicted octanol–water partition coefficient (Wildman–Crippen LogP) is 1.32. The van der Waals surface area contributed by atoms with Gasteiger partial charge in [-0.2, -0.15) is 0 Å². The number of benzene rings is 1. The molecule has 0 saturated heterocycles. The maximum Gasteiger partial charge on any atom is 0.147 e. The first-order valence-corrected chi connectivity index (χ1v) is 5.48. The van der Waals surface area contributed by atoms with E-state index in [4.69, 9.17) is 16.2 Å². The molecule has 0 aromatic heterocycles. The van der Waals surface area contributed by atoms with Crippen molar-refractivity contribution in [3.8, 4) is 0 Å². The zero-order chi connectivity index (χ0) is 13.0. The van der Waals surface area contributed by atoms with Crippen LogP contribution in [0.5, 0.6) is 0 Å². The van der Waals surface area contributed by atoms with E-state index in [0.717, 1.165) is 0 Å². The summed E-state index contributed by atoms with van der Waals surface area (Å²) in [7, 11) is 0. The molecule has 0 atom stereocenters. The molecule has 94 valence electrons. The molecule has 0 amide bonds. The number of nitrogens with zero attached hydrogens (tertiary/aromatic N) is 1. The quantitative estimate of drug-likeness (QED) is 0.536. The van der Waals surface area contributed by atoms with Gasteiger partial charge in [-0.3, -0.25) is 5.41 Å². The molecule has 4 N–H and O–H groups in total. The van der Waals surface area contributed by atoms with Crippen LogP contribution in [0.2, 0.25) is 0 Å². The molecule has 5 heteroatoms. The van der Waals surface area contributed by atoms with E-state index in [2.05, 4.69) is 0 Å². The Balaban J connectivity index is 3.08. The summed E-state index contributed by atoms with van der Waals surface area (Å²) in [5.74, 6) is -0.589. The normalized spacial score (nSPS) is 10.6. The Morgan fingerprint density at radius 3 is 2.59 bits per heavy atom. The molecule has 0 fully saturated rings. The zero-order valence-corrected chi connectivity index (χ0v) is 10.1. The molecule has 1 rings (SSSR count). The lowest BCUT2D eigenvalue weighted by Crippen LogP contribution is -2.34. The van der Waals surface area contributed by atoms with Crippen molar-refractivity contribution in [2.75, 3.05) is 18.1 Å². The third kappa shape index (κ3) is 3.17. The molecule has 1 aromatic carbocycles. The highest BCUT2D eigenvalue weighted by atomic mass is 19.1. The smallest absolute Gasteiger partial charge is 0.147 e. The highest BCUT2D eigenvalue weighted by Gasteiger charge is 2.15. The van der Waals surface area contributed by atoms with Crippen LogP contribution in [0.1, 0.15) is 19.4 Å². The molecule has 1 aromatic rings. The van der Waals surface area contributed by atoms with Gasteiger partial charge in [0.2, 0.25) is 0 Å². The second-order valence-electron chi connectivity index (χ2n) is 4.09. The van der Waals surface area contributed by atoms with E-state index in [1.54, 1.807) is 17.0 Å². The molecule has 0 bridgehead atoms. The van der Waals surface area contributed by atoms with E-state index in [1.807, 2.05) is 13.8 Å². The lowest BCUT2D eigenvalue weighted by atomic mass is 10.1. The van der Waals surface area contributed by atoms with E-state index in [0.29, 0.717) is 17.8 Å². The van der Waals surface area contributed by atoms with Crippen molar-refractivity contribution >= 4 is 11.5 Å². The summed E-state index contributed by atoms with van der Waals surface area (Å²) in [6, 6.07) is 4.51. The number of hydrogen-bond donors (Lipinski definition) is 3. The van der Waals surface area contributed by atoms with E-state index >= 15 is 0 Å². The monoisotopic (exact) mass is 239 g/mol. The molecule has 0 aliphatic carbocycles. The van der Waals surface area contributed by atoms with Crippen LogP contribution >= 0.6 is 0 Å². The number of rotatable bonds is 5. The Morgan fingerprint density at radius 1 is 1.53 bits per heavy atom. The highest BCUT2D eigenvalue weighted by molar-refractivity contribution is 5.95. The van der Waals surface area contributed by atoms with Gasteiger partial charge >= 0.3 is 0 Å². The standard InChI is InChI=1S/C12H18FN3O/c1-8(2)16(5-6-17)11-4-3-9(12(14)15)7-10(11)13/h3-4,7-8,17H,5-6H2,1-2H3,(H3,14,15). The number of aliphatic hydroxyl groups is 1. The van der Waals surface area contributed by atoms with Gasteiger partial charge in [0.15, 0.2) is 0 Å². The van der Waals surface area contributed by atoms with E-state index in [-0.39, 0.29) is 18.5 Å². The number of nitrogens with one attached hydrogen (secondary N) is 1. The fourth-order valence-corrected chi connectivity index (χ4v) is 1.67. The molecular formula is C12H18FN3O. The second kappa shape index (κ2) is 5.63. The van der Waals surface area contributed by atoms with Crippen molar-refractivity contribution in [2.24, 2.45) is 5.73 Å². The minimum Gasteiger partial charge on any atom is -0.395 e. The number of nitrogen functional groups attached to an aromatic ring is 1. The van der Waals surface area contributed by atoms with Gasteiger partial charge in [-0.05, 0) is 32.0 Å². The average Bonchev–Trinajstić information content (AvgIpc) is 2.26. The number of anilines is 1. The van der Waals surface area contributed by atoms with Crippen molar-refractivity contribution in [3.05, 3.63) is 29.6 Å². The Kier molecular flexibility index (Phi) is 4.45. The van der Waals surface area contributed by atoms with Crippen LogP contribution in [0.15, 0.2) is 18.2 Å². The largest absolute Gasteiger partial charge is 0.395 e. The average molecular weight is 239 g/mol. The van der Waals surface area contributed by atoms with Gasteiger partial charge in [-0.1, -0.05) is 0 Å². The lowest BCUT2D eigenvalue weighted by Gasteiger charge is -2.28. The van der Waals surface area contributed by atoms with Crippen LogP contribution in [-0.4, -0.2) is 30.1 Å². The number of halogens is 1. The van der Waals surface area contributed by atoms with Gasteiger partial charge in [0.1, 0.15) is 11.7 Å². The molecule has 0 unspecified atom stereocenters. The Morgan fingerprint density at radius 2 is 2.18 bits per heavy atom. The van der Waals surface area contributed by atoms with Gasteiger partial charge in [0.05, 0.1) is 12.3 Å². The fourth-order valence-electron chi connectivity index (χ4n) is 1.67. The van der Waals surface area contributed by atoms with Crippen LogP contribution in [0.4, 0.5) is 10.1 Å². The van der Waals surface area contributed by atoms with Crippen molar-refractivity contribution in [2.45, 2.75) is 19.9 Å². The Labute approximate surface area is 100 Å². The predicted molar refractivity (Wildman–Crippen MR) is 67.0 cm³/mol. The maximum absolute atomic E-state index is 13.9. The fraction of sp³-hybridized carbons (Fsp3) is 0.417. The molecule has 17 heavy (non-hydrogen) atoms. The molecule has 4 nitrogen and oxygen atoms in total. The van der Waals surface area contributed by atoms with Crippen molar-refractivity contribution in [1.29, 1.82) is 5.41 Å². The number of nitrogens with two attached hydrogens (primary N) is 1. The third-order valence-electron chi connectivity index (χ3n) is 2.53. The van der Waals surface area contributed by atoms with Crippen molar-refractivity contribution in [1.82, 2.24) is 0 Å².